The van der Waals surface area contributed by atoms with Gasteiger partial charge in [0.1, 0.15) is 0 Å². The van der Waals surface area contributed by atoms with Crippen LogP contribution in [0.25, 0.3) is 0 Å². The fraction of sp³-hybridized carbons (Fsp3) is 0.154. The summed E-state index contributed by atoms with van der Waals surface area (Å²) in [6.45, 7) is 2.23. The lowest BCUT2D eigenvalue weighted by atomic mass is 10.2. The highest BCUT2D eigenvalue weighted by atomic mass is 19.1. The van der Waals surface area contributed by atoms with Crippen molar-refractivity contribution >= 4 is 5.91 Å². The van der Waals surface area contributed by atoms with Crippen LogP contribution in [0.2, 0.25) is 0 Å². The van der Waals surface area contributed by atoms with Crippen molar-refractivity contribution in [3.8, 4) is 0 Å². The quantitative estimate of drug-likeness (QED) is 0.840. The lowest BCUT2D eigenvalue weighted by molar-refractivity contribution is 0.0949. The molecule has 1 amide bonds. The van der Waals surface area contributed by atoms with E-state index in [-0.39, 0.29) is 11.5 Å². The number of hydrogen-bond acceptors (Lipinski definition) is 3. The van der Waals surface area contributed by atoms with Gasteiger partial charge in [-0.05, 0) is 24.6 Å². The molecule has 0 aliphatic heterocycles. The number of aromatic nitrogens is 2. The predicted octanol–water partition coefficient (Wildman–Crippen LogP) is 1.85. The maximum atomic E-state index is 12.9. The number of pyridine rings is 2. The molecule has 4 nitrogen and oxygen atoms in total. The molecule has 0 fully saturated rings. The highest BCUT2D eigenvalue weighted by molar-refractivity contribution is 5.93. The minimum atomic E-state index is -0.670. The Labute approximate surface area is 104 Å². The van der Waals surface area contributed by atoms with E-state index >= 15 is 0 Å². The van der Waals surface area contributed by atoms with Crippen molar-refractivity contribution in [3.63, 3.8) is 0 Å². The summed E-state index contributed by atoms with van der Waals surface area (Å²) in [5, 5.41) is 2.69. The van der Waals surface area contributed by atoms with Crippen molar-refractivity contribution in [1.82, 2.24) is 15.3 Å². The number of rotatable bonds is 3. The highest BCUT2D eigenvalue weighted by Crippen LogP contribution is 2.04. The molecule has 0 atom stereocenters. The van der Waals surface area contributed by atoms with Gasteiger partial charge in [-0.3, -0.25) is 9.78 Å². The molecule has 2 rings (SSSR count). The third-order valence-electron chi connectivity index (χ3n) is 2.52. The average molecular weight is 245 g/mol. The number of aryl methyl sites for hydroxylation is 1. The molecular weight excluding hydrogens is 233 g/mol. The minimum absolute atomic E-state index is 0.246. The van der Waals surface area contributed by atoms with E-state index in [4.69, 9.17) is 0 Å². The average Bonchev–Trinajstić information content (AvgIpc) is 2.37. The lowest BCUT2D eigenvalue weighted by Gasteiger charge is -2.06. The van der Waals surface area contributed by atoms with Gasteiger partial charge in [0.05, 0.1) is 12.2 Å². The molecule has 0 aliphatic rings. The maximum absolute atomic E-state index is 12.9. The predicted molar refractivity (Wildman–Crippen MR) is 64.3 cm³/mol. The van der Waals surface area contributed by atoms with Gasteiger partial charge in [0.2, 0.25) is 5.95 Å². The van der Waals surface area contributed by atoms with Gasteiger partial charge >= 0.3 is 0 Å². The molecule has 1 N–H and O–H groups in total. The van der Waals surface area contributed by atoms with Gasteiger partial charge in [0.25, 0.3) is 5.91 Å². The molecule has 0 spiro atoms. The third-order valence-corrected chi connectivity index (χ3v) is 2.52. The second kappa shape index (κ2) is 5.35. The zero-order valence-corrected chi connectivity index (χ0v) is 9.85. The van der Waals surface area contributed by atoms with Gasteiger partial charge in [0, 0.05) is 24.0 Å². The van der Waals surface area contributed by atoms with Crippen molar-refractivity contribution < 1.29 is 9.18 Å². The lowest BCUT2D eigenvalue weighted by Crippen LogP contribution is -2.23. The van der Waals surface area contributed by atoms with Gasteiger partial charge < -0.3 is 5.32 Å². The first-order chi connectivity index (χ1) is 8.66. The number of nitrogens with zero attached hydrogens (tertiary/aromatic N) is 2. The molecule has 0 aliphatic carbocycles. The van der Waals surface area contributed by atoms with E-state index < -0.39 is 5.95 Å². The van der Waals surface area contributed by atoms with Crippen molar-refractivity contribution in [1.29, 1.82) is 0 Å². The van der Waals surface area contributed by atoms with Gasteiger partial charge in [-0.1, -0.05) is 6.07 Å². The second-order valence-corrected chi connectivity index (χ2v) is 3.82. The Morgan fingerprint density at radius 1 is 1.33 bits per heavy atom. The number of halogens is 1. The molecule has 0 saturated carbocycles. The molecule has 0 saturated heterocycles. The first-order valence-corrected chi connectivity index (χ1v) is 5.47. The van der Waals surface area contributed by atoms with Crippen molar-refractivity contribution in [2.75, 3.05) is 0 Å². The number of hydrogen-bond donors (Lipinski definition) is 1. The fourth-order valence-corrected chi connectivity index (χ4v) is 1.51. The molecular formula is C13H12FN3O. The molecule has 18 heavy (non-hydrogen) atoms. The van der Waals surface area contributed by atoms with Gasteiger partial charge in [-0.2, -0.15) is 4.39 Å². The van der Waals surface area contributed by atoms with Crippen LogP contribution in [0.15, 0.2) is 36.7 Å². The molecule has 2 aromatic rings. The molecule has 0 unspecified atom stereocenters. The smallest absolute Gasteiger partial charge is 0.251 e. The van der Waals surface area contributed by atoms with Crippen LogP contribution in [0, 0.1) is 12.9 Å². The van der Waals surface area contributed by atoms with Crippen molar-refractivity contribution in [3.05, 3.63) is 59.4 Å². The van der Waals surface area contributed by atoms with Gasteiger partial charge in [-0.15, -0.1) is 0 Å². The Bertz CT molecular complexity index is 572. The topological polar surface area (TPSA) is 54.9 Å². The Hall–Kier alpha value is -2.30. The molecule has 2 heterocycles. The Balaban J connectivity index is 2.03. The van der Waals surface area contributed by atoms with Crippen LogP contribution < -0.4 is 5.32 Å². The second-order valence-electron chi connectivity index (χ2n) is 3.82. The third kappa shape index (κ3) is 2.88. The van der Waals surface area contributed by atoms with E-state index in [0.717, 1.165) is 17.3 Å². The number of carbonyl (C=O) groups excluding carboxylic acids is 1. The summed E-state index contributed by atoms with van der Waals surface area (Å²) in [5.74, 6) is -1.02. The fourth-order valence-electron chi connectivity index (χ4n) is 1.51. The van der Waals surface area contributed by atoms with E-state index in [0.29, 0.717) is 6.54 Å². The molecule has 0 radical (unpaired) electrons. The van der Waals surface area contributed by atoms with E-state index in [1.807, 2.05) is 19.1 Å². The summed E-state index contributed by atoms with van der Waals surface area (Å²) in [6, 6.07) is 6.31. The van der Waals surface area contributed by atoms with Crippen molar-refractivity contribution in [2.45, 2.75) is 13.5 Å². The molecule has 0 aromatic carbocycles. The Morgan fingerprint density at radius 3 is 2.89 bits per heavy atom. The van der Waals surface area contributed by atoms with E-state index in [9.17, 15) is 9.18 Å². The van der Waals surface area contributed by atoms with Gasteiger partial charge in [0.15, 0.2) is 0 Å². The normalized spacial score (nSPS) is 10.1. The summed E-state index contributed by atoms with van der Waals surface area (Å²) in [7, 11) is 0. The molecule has 92 valence electrons. The summed E-state index contributed by atoms with van der Waals surface area (Å²) in [4.78, 5) is 19.3. The van der Waals surface area contributed by atoms with E-state index in [1.165, 1.54) is 12.3 Å². The SMILES string of the molecule is Cc1cccnc1CNC(=O)c1ccnc(F)c1. The van der Waals surface area contributed by atoms with Crippen LogP contribution in [0.4, 0.5) is 4.39 Å². The van der Waals surface area contributed by atoms with E-state index in [2.05, 4.69) is 15.3 Å². The summed E-state index contributed by atoms with van der Waals surface area (Å²) in [6.07, 6.45) is 2.93. The number of nitrogens with one attached hydrogen (secondary N) is 1. The van der Waals surface area contributed by atoms with E-state index in [1.54, 1.807) is 6.20 Å². The first kappa shape index (κ1) is 12.2. The number of carbonyl (C=O) groups is 1. The van der Waals surface area contributed by atoms with Crippen molar-refractivity contribution in [2.24, 2.45) is 0 Å². The number of amides is 1. The van der Waals surface area contributed by atoms with Crippen LogP contribution in [0.1, 0.15) is 21.6 Å². The largest absolute Gasteiger partial charge is 0.346 e. The standard InChI is InChI=1S/C13H12FN3O/c1-9-3-2-5-15-11(9)8-17-13(18)10-4-6-16-12(14)7-10/h2-7H,8H2,1H3,(H,17,18). The zero-order chi connectivity index (χ0) is 13.0. The first-order valence-electron chi connectivity index (χ1n) is 5.47. The summed E-state index contributed by atoms with van der Waals surface area (Å²) in [5.41, 5.74) is 2.04. The maximum Gasteiger partial charge on any atom is 0.251 e. The van der Waals surface area contributed by atoms with Gasteiger partial charge in [-0.25, -0.2) is 4.98 Å². The van der Waals surface area contributed by atoms with Crippen LogP contribution in [-0.2, 0) is 6.54 Å². The molecule has 5 heteroatoms. The zero-order valence-electron chi connectivity index (χ0n) is 9.85. The molecule has 2 aromatic heterocycles. The summed E-state index contributed by atoms with van der Waals surface area (Å²) < 4.78 is 12.9. The summed E-state index contributed by atoms with van der Waals surface area (Å²) >= 11 is 0. The van der Waals surface area contributed by atoms with Crippen LogP contribution >= 0.6 is 0 Å². The van der Waals surface area contributed by atoms with Crippen LogP contribution in [0.5, 0.6) is 0 Å². The Morgan fingerprint density at radius 2 is 2.17 bits per heavy atom. The molecule has 0 bridgehead atoms. The minimum Gasteiger partial charge on any atom is -0.346 e. The van der Waals surface area contributed by atoms with Crippen LogP contribution in [0.3, 0.4) is 0 Å². The monoisotopic (exact) mass is 245 g/mol. The Kier molecular flexibility index (Phi) is 3.62. The van der Waals surface area contributed by atoms with Crippen LogP contribution in [-0.4, -0.2) is 15.9 Å². The highest BCUT2D eigenvalue weighted by Gasteiger charge is 2.07.